The number of carbonyl (C=O) groups excluding carboxylic acids is 3. The lowest BCUT2D eigenvalue weighted by atomic mass is 9.76. The predicted octanol–water partition coefficient (Wildman–Crippen LogP) is 2.10. The van der Waals surface area contributed by atoms with Crippen molar-refractivity contribution in [2.45, 2.75) is 44.3 Å². The van der Waals surface area contributed by atoms with Gasteiger partial charge in [0.1, 0.15) is 11.4 Å². The van der Waals surface area contributed by atoms with E-state index in [1.165, 1.54) is 23.1 Å². The molecule has 8 heteroatoms. The SMILES string of the molecule is CSCC[C@@H]1N[C@@]2(C(=O)Nc3ccc(F)cc32)[C@H]2C(=O)N(C(C)(C)C)C(=O)[C@H]12. The number of carbonyl (C=O) groups is 3. The number of imide groups is 1. The van der Waals surface area contributed by atoms with Gasteiger partial charge in [0, 0.05) is 22.8 Å². The summed E-state index contributed by atoms with van der Waals surface area (Å²) >= 11 is 1.64. The van der Waals surface area contributed by atoms with Gasteiger partial charge in [-0.2, -0.15) is 11.8 Å². The molecule has 4 rings (SSSR count). The highest BCUT2D eigenvalue weighted by Gasteiger charge is 2.71. The van der Waals surface area contributed by atoms with Gasteiger partial charge in [-0.3, -0.25) is 24.6 Å². The standard InChI is InChI=1S/C20H24FN3O3S/c1-19(2,3)24-16(25)14-13(7-8-28-4)23-20(15(14)17(24)26)11-9-10(21)5-6-12(11)22-18(20)27/h5-6,9,13-15,23H,7-8H2,1-4H3,(H,22,27)/t13-,14+,15+,20+/m0/s1. The molecule has 0 radical (unpaired) electrons. The molecule has 3 heterocycles. The fraction of sp³-hybridized carbons (Fsp3) is 0.550. The normalized spacial score (nSPS) is 31.5. The number of halogens is 1. The Morgan fingerprint density at radius 3 is 2.57 bits per heavy atom. The summed E-state index contributed by atoms with van der Waals surface area (Å²) in [4.78, 5) is 41.2. The number of hydrogen-bond acceptors (Lipinski definition) is 5. The molecule has 1 aromatic rings. The first-order chi connectivity index (χ1) is 13.1. The van der Waals surface area contributed by atoms with E-state index in [0.29, 0.717) is 17.7 Å². The van der Waals surface area contributed by atoms with Crippen LogP contribution >= 0.6 is 11.8 Å². The fourth-order valence-electron chi connectivity index (χ4n) is 4.93. The molecule has 6 nitrogen and oxygen atoms in total. The maximum absolute atomic E-state index is 14.1. The van der Waals surface area contributed by atoms with Gasteiger partial charge in [-0.05, 0) is 57.4 Å². The zero-order valence-corrected chi connectivity index (χ0v) is 17.2. The maximum atomic E-state index is 14.1. The van der Waals surface area contributed by atoms with Gasteiger partial charge in [-0.25, -0.2) is 4.39 Å². The summed E-state index contributed by atoms with van der Waals surface area (Å²) in [5.41, 5.74) is -1.21. The van der Waals surface area contributed by atoms with Crippen LogP contribution in [0, 0.1) is 17.7 Å². The van der Waals surface area contributed by atoms with Gasteiger partial charge in [-0.1, -0.05) is 0 Å². The van der Waals surface area contributed by atoms with Crippen LogP contribution in [0.25, 0.3) is 0 Å². The first-order valence-electron chi connectivity index (χ1n) is 9.39. The number of amides is 3. The maximum Gasteiger partial charge on any atom is 0.250 e. The first-order valence-corrected chi connectivity index (χ1v) is 10.8. The molecule has 4 atom stereocenters. The van der Waals surface area contributed by atoms with Crippen molar-refractivity contribution < 1.29 is 18.8 Å². The van der Waals surface area contributed by atoms with Crippen molar-refractivity contribution in [2.75, 3.05) is 17.3 Å². The summed E-state index contributed by atoms with van der Waals surface area (Å²) in [7, 11) is 0. The van der Waals surface area contributed by atoms with E-state index in [1.807, 2.05) is 27.0 Å². The van der Waals surface area contributed by atoms with E-state index in [4.69, 9.17) is 0 Å². The van der Waals surface area contributed by atoms with E-state index < -0.39 is 34.6 Å². The molecule has 0 bridgehead atoms. The van der Waals surface area contributed by atoms with Crippen LogP contribution in [0.4, 0.5) is 10.1 Å². The molecule has 2 fully saturated rings. The van der Waals surface area contributed by atoms with Gasteiger partial charge in [-0.15, -0.1) is 0 Å². The molecular weight excluding hydrogens is 381 g/mol. The summed E-state index contributed by atoms with van der Waals surface area (Å²) in [5.74, 6) is -2.24. The lowest BCUT2D eigenvalue weighted by molar-refractivity contribution is -0.147. The predicted molar refractivity (Wildman–Crippen MR) is 105 cm³/mol. The smallest absolute Gasteiger partial charge is 0.250 e. The average Bonchev–Trinajstić information content (AvgIpc) is 3.18. The van der Waals surface area contributed by atoms with Gasteiger partial charge in [0.15, 0.2) is 0 Å². The number of hydrogen-bond donors (Lipinski definition) is 2. The van der Waals surface area contributed by atoms with Crippen molar-refractivity contribution in [3.63, 3.8) is 0 Å². The lowest BCUT2D eigenvalue weighted by Gasteiger charge is -2.34. The number of thioether (sulfide) groups is 1. The Kier molecular flexibility index (Phi) is 4.35. The number of nitrogens with zero attached hydrogens (tertiary/aromatic N) is 1. The summed E-state index contributed by atoms with van der Waals surface area (Å²) in [6.07, 6.45) is 2.61. The van der Waals surface area contributed by atoms with Crippen LogP contribution in [-0.2, 0) is 19.9 Å². The van der Waals surface area contributed by atoms with Crippen LogP contribution in [0.1, 0.15) is 32.8 Å². The van der Waals surface area contributed by atoms with Crippen molar-refractivity contribution in [3.05, 3.63) is 29.6 Å². The molecule has 3 aliphatic heterocycles. The van der Waals surface area contributed by atoms with Crippen LogP contribution in [0.15, 0.2) is 18.2 Å². The minimum Gasteiger partial charge on any atom is -0.324 e. The Morgan fingerprint density at radius 2 is 1.93 bits per heavy atom. The van der Waals surface area contributed by atoms with E-state index in [-0.39, 0.29) is 17.9 Å². The number of benzene rings is 1. The number of fused-ring (bicyclic) bond motifs is 4. The molecule has 1 spiro atoms. The molecule has 0 aromatic heterocycles. The molecule has 0 unspecified atom stereocenters. The number of anilines is 1. The zero-order chi connectivity index (χ0) is 20.4. The molecule has 3 aliphatic rings. The Hall–Kier alpha value is -1.93. The summed E-state index contributed by atoms with van der Waals surface area (Å²) in [6, 6.07) is 3.75. The molecule has 2 N–H and O–H groups in total. The Morgan fingerprint density at radius 1 is 1.21 bits per heavy atom. The van der Waals surface area contributed by atoms with Crippen molar-refractivity contribution in [1.82, 2.24) is 10.2 Å². The quantitative estimate of drug-likeness (QED) is 0.753. The van der Waals surface area contributed by atoms with Crippen molar-refractivity contribution in [1.29, 1.82) is 0 Å². The van der Waals surface area contributed by atoms with Crippen molar-refractivity contribution >= 4 is 35.2 Å². The number of rotatable bonds is 3. The van der Waals surface area contributed by atoms with Gasteiger partial charge in [0.05, 0.1) is 11.8 Å². The molecule has 150 valence electrons. The van der Waals surface area contributed by atoms with E-state index in [9.17, 15) is 18.8 Å². The fourth-order valence-corrected chi connectivity index (χ4v) is 5.42. The van der Waals surface area contributed by atoms with Crippen LogP contribution in [-0.4, -0.2) is 46.2 Å². The highest BCUT2D eigenvalue weighted by Crippen LogP contribution is 2.54. The second-order valence-corrected chi connectivity index (χ2v) is 9.66. The molecular formula is C20H24FN3O3S. The zero-order valence-electron chi connectivity index (χ0n) is 16.3. The Labute approximate surface area is 167 Å². The monoisotopic (exact) mass is 405 g/mol. The third kappa shape index (κ3) is 2.47. The third-order valence-corrected chi connectivity index (χ3v) is 6.62. The molecule has 3 amide bonds. The Bertz CT molecular complexity index is 884. The lowest BCUT2D eigenvalue weighted by Crippen LogP contribution is -2.55. The van der Waals surface area contributed by atoms with Crippen molar-refractivity contribution in [3.8, 4) is 0 Å². The van der Waals surface area contributed by atoms with E-state index >= 15 is 0 Å². The summed E-state index contributed by atoms with van der Waals surface area (Å²) in [6.45, 7) is 5.43. The Balaban J connectivity index is 1.89. The van der Waals surface area contributed by atoms with Gasteiger partial charge in [0.25, 0.3) is 0 Å². The van der Waals surface area contributed by atoms with Gasteiger partial charge >= 0.3 is 0 Å². The third-order valence-electron chi connectivity index (χ3n) is 5.98. The van der Waals surface area contributed by atoms with Gasteiger partial charge in [0.2, 0.25) is 17.7 Å². The second-order valence-electron chi connectivity index (χ2n) is 8.67. The van der Waals surface area contributed by atoms with Gasteiger partial charge < -0.3 is 5.32 Å². The number of likely N-dealkylation sites (tertiary alicyclic amines) is 1. The van der Waals surface area contributed by atoms with Crippen LogP contribution < -0.4 is 10.6 Å². The average molecular weight is 405 g/mol. The molecule has 0 aliphatic carbocycles. The van der Waals surface area contributed by atoms with E-state index in [0.717, 1.165) is 5.75 Å². The largest absolute Gasteiger partial charge is 0.324 e. The first kappa shape index (κ1) is 19.4. The summed E-state index contributed by atoms with van der Waals surface area (Å²) in [5, 5.41) is 6.09. The highest BCUT2D eigenvalue weighted by molar-refractivity contribution is 7.98. The highest BCUT2D eigenvalue weighted by atomic mass is 32.2. The molecule has 0 saturated carbocycles. The van der Waals surface area contributed by atoms with Crippen LogP contribution in [0.5, 0.6) is 0 Å². The second kappa shape index (κ2) is 6.29. The van der Waals surface area contributed by atoms with Crippen LogP contribution in [0.3, 0.4) is 0 Å². The van der Waals surface area contributed by atoms with E-state index in [1.54, 1.807) is 11.8 Å². The van der Waals surface area contributed by atoms with Crippen molar-refractivity contribution in [2.24, 2.45) is 11.8 Å². The topological polar surface area (TPSA) is 78.5 Å². The number of nitrogens with one attached hydrogen (secondary N) is 2. The molecule has 28 heavy (non-hydrogen) atoms. The molecule has 1 aromatic carbocycles. The van der Waals surface area contributed by atoms with E-state index in [2.05, 4.69) is 10.6 Å². The van der Waals surface area contributed by atoms with Crippen LogP contribution in [0.2, 0.25) is 0 Å². The minimum atomic E-state index is -1.42. The molecule has 2 saturated heterocycles. The summed E-state index contributed by atoms with van der Waals surface area (Å²) < 4.78 is 14.1. The minimum absolute atomic E-state index is 0.254.